The normalized spacial score (nSPS) is 13.1. The predicted molar refractivity (Wildman–Crippen MR) is 357 cm³/mol. The number of esters is 3. The van der Waals surface area contributed by atoms with Gasteiger partial charge in [-0.1, -0.05) is 282 Å². The lowest BCUT2D eigenvalue weighted by atomic mass is 10.1. The van der Waals surface area contributed by atoms with Crippen molar-refractivity contribution in [2.75, 3.05) is 13.2 Å². The summed E-state index contributed by atoms with van der Waals surface area (Å²) in [5, 5.41) is 0. The molecule has 0 aromatic carbocycles. The van der Waals surface area contributed by atoms with Gasteiger partial charge in [0.2, 0.25) is 0 Å². The molecule has 1 atom stereocenters. The molecule has 0 N–H and O–H groups in total. The van der Waals surface area contributed by atoms with Crippen molar-refractivity contribution in [2.24, 2.45) is 0 Å². The Kier molecular flexibility index (Phi) is 64.8. The first-order valence-corrected chi connectivity index (χ1v) is 33.8. The van der Waals surface area contributed by atoms with Gasteiger partial charge in [-0.25, -0.2) is 0 Å². The number of rotatable bonds is 60. The molecule has 0 amide bonds. The fourth-order valence-electron chi connectivity index (χ4n) is 9.06. The molecule has 0 saturated carbocycles. The van der Waals surface area contributed by atoms with Crippen molar-refractivity contribution in [1.82, 2.24) is 0 Å². The van der Waals surface area contributed by atoms with Crippen LogP contribution in [0, 0.1) is 0 Å². The number of unbranched alkanes of at least 4 members (excludes halogenated alkanes) is 25. The molecule has 6 heteroatoms. The Labute approximate surface area is 506 Å². The molecule has 0 aliphatic rings. The summed E-state index contributed by atoms with van der Waals surface area (Å²) in [4.78, 5) is 38.4. The first-order chi connectivity index (χ1) is 40.5. The summed E-state index contributed by atoms with van der Waals surface area (Å²) in [6, 6.07) is 0. The molecular formula is C76H124O6. The monoisotopic (exact) mass is 1130 g/mol. The highest BCUT2D eigenvalue weighted by Crippen LogP contribution is 2.15. The molecule has 0 spiro atoms. The third-order valence-corrected chi connectivity index (χ3v) is 14.1. The minimum absolute atomic E-state index is 0.0934. The Hall–Kier alpha value is -4.71. The summed E-state index contributed by atoms with van der Waals surface area (Å²) in [6.07, 6.45) is 98.5. The molecule has 0 aliphatic heterocycles. The molecule has 0 aromatic heterocycles. The van der Waals surface area contributed by atoms with Gasteiger partial charge in [-0.3, -0.25) is 14.4 Å². The van der Waals surface area contributed by atoms with Crippen LogP contribution in [0.25, 0.3) is 0 Å². The fraction of sp³-hybridized carbons (Fsp3) is 0.645. The molecule has 82 heavy (non-hydrogen) atoms. The maximum absolute atomic E-state index is 12.9. The maximum Gasteiger partial charge on any atom is 0.306 e. The van der Waals surface area contributed by atoms with E-state index in [1.54, 1.807) is 0 Å². The predicted octanol–water partition coefficient (Wildman–Crippen LogP) is 23.5. The van der Waals surface area contributed by atoms with E-state index in [4.69, 9.17) is 14.2 Å². The van der Waals surface area contributed by atoms with Gasteiger partial charge in [-0.05, 0) is 141 Å². The lowest BCUT2D eigenvalue weighted by Crippen LogP contribution is -2.30. The summed E-state index contributed by atoms with van der Waals surface area (Å²) < 4.78 is 16.9. The van der Waals surface area contributed by atoms with Crippen molar-refractivity contribution in [1.29, 1.82) is 0 Å². The maximum atomic E-state index is 12.9. The van der Waals surface area contributed by atoms with Crippen LogP contribution in [0.15, 0.2) is 146 Å². The highest BCUT2D eigenvalue weighted by atomic mass is 16.6. The van der Waals surface area contributed by atoms with Crippen molar-refractivity contribution in [3.05, 3.63) is 146 Å². The number of ether oxygens (including phenoxy) is 3. The highest BCUT2D eigenvalue weighted by Gasteiger charge is 2.19. The van der Waals surface area contributed by atoms with Crippen molar-refractivity contribution >= 4 is 17.9 Å². The number of hydrogen-bond donors (Lipinski definition) is 0. The first-order valence-electron chi connectivity index (χ1n) is 33.8. The Bertz CT molecular complexity index is 1780. The van der Waals surface area contributed by atoms with Gasteiger partial charge in [0.15, 0.2) is 6.10 Å². The molecule has 0 fully saturated rings. The lowest BCUT2D eigenvalue weighted by Gasteiger charge is -2.18. The van der Waals surface area contributed by atoms with E-state index in [9.17, 15) is 14.4 Å². The minimum Gasteiger partial charge on any atom is -0.462 e. The van der Waals surface area contributed by atoms with Crippen LogP contribution in [0.3, 0.4) is 0 Å². The standard InChI is InChI=1S/C76H124O6/c1-4-7-10-13-16-19-22-25-28-30-32-34-36-37-38-39-41-42-44-46-48-51-54-57-60-63-66-69-75(78)81-72-73(71-80-74(77)68-65-62-59-56-53-50-27-24-21-18-15-12-9-6-3)82-76(79)70-67-64-61-58-55-52-49-47-45-43-40-35-33-31-29-26-23-20-17-14-11-8-5-2/h7-8,10-11,16-17,19-20,24-29,32-35,37-38,41-43,45,73H,4-6,9,12-15,18,21-23,30-31,36,39-40,44,46-72H2,1-3H3/b10-7-,11-8-,19-16-,20-17-,27-24-,28-25-,29-26-,34-32-,35-33-,38-37-,42-41-,45-43-. The van der Waals surface area contributed by atoms with Crippen molar-refractivity contribution in [2.45, 2.75) is 303 Å². The largest absolute Gasteiger partial charge is 0.462 e. The van der Waals surface area contributed by atoms with E-state index in [0.29, 0.717) is 19.3 Å². The first kappa shape index (κ1) is 77.3. The Morgan fingerprint density at radius 3 is 0.756 bits per heavy atom. The van der Waals surface area contributed by atoms with E-state index in [-0.39, 0.29) is 31.1 Å². The molecule has 0 radical (unpaired) electrons. The number of carbonyl (C=O) groups excluding carboxylic acids is 3. The Balaban J connectivity index is 4.40. The number of hydrogen-bond acceptors (Lipinski definition) is 6. The molecule has 0 aromatic rings. The SMILES string of the molecule is CC/C=C\C/C=C\C/C=C\C/C=C\C/C=C\C/C=C\CCCCCCCCCCC(=O)OCC(COC(=O)CCCCCCC/C=C\CCCCCCC)OC(=O)CCCCCCCCC/C=C\C/C=C\C/C=C\C/C=C\C/C=C\CC. The second-order valence-electron chi connectivity index (χ2n) is 22.0. The van der Waals surface area contributed by atoms with E-state index in [1.807, 2.05) is 0 Å². The summed E-state index contributed by atoms with van der Waals surface area (Å²) >= 11 is 0. The van der Waals surface area contributed by atoms with E-state index in [0.717, 1.165) is 154 Å². The lowest BCUT2D eigenvalue weighted by molar-refractivity contribution is -0.167. The van der Waals surface area contributed by atoms with Crippen molar-refractivity contribution in [3.63, 3.8) is 0 Å². The average molecular weight is 1130 g/mol. The van der Waals surface area contributed by atoms with Gasteiger partial charge in [0.1, 0.15) is 13.2 Å². The van der Waals surface area contributed by atoms with Gasteiger partial charge in [0.05, 0.1) is 0 Å². The summed E-state index contributed by atoms with van der Waals surface area (Å²) in [6.45, 7) is 6.39. The van der Waals surface area contributed by atoms with Gasteiger partial charge in [-0.15, -0.1) is 0 Å². The Morgan fingerprint density at radius 2 is 0.476 bits per heavy atom. The summed E-state index contributed by atoms with van der Waals surface area (Å²) in [5.41, 5.74) is 0. The van der Waals surface area contributed by atoms with Crippen LogP contribution >= 0.6 is 0 Å². The second-order valence-corrected chi connectivity index (χ2v) is 22.0. The van der Waals surface area contributed by atoms with Crippen LogP contribution in [0.4, 0.5) is 0 Å². The van der Waals surface area contributed by atoms with Crippen LogP contribution in [0.5, 0.6) is 0 Å². The molecule has 0 aliphatic carbocycles. The number of allylic oxidation sites excluding steroid dienone is 24. The molecule has 0 bridgehead atoms. The van der Waals surface area contributed by atoms with E-state index in [1.165, 1.54) is 103 Å². The molecule has 1 unspecified atom stereocenters. The minimum atomic E-state index is -0.799. The zero-order chi connectivity index (χ0) is 59.2. The van der Waals surface area contributed by atoms with E-state index in [2.05, 4.69) is 167 Å². The van der Waals surface area contributed by atoms with Gasteiger partial charge in [0, 0.05) is 19.3 Å². The summed E-state index contributed by atoms with van der Waals surface area (Å²) in [5.74, 6) is -0.917. The summed E-state index contributed by atoms with van der Waals surface area (Å²) in [7, 11) is 0. The van der Waals surface area contributed by atoms with Gasteiger partial charge < -0.3 is 14.2 Å². The molecule has 0 rings (SSSR count). The smallest absolute Gasteiger partial charge is 0.306 e. The topological polar surface area (TPSA) is 78.9 Å². The van der Waals surface area contributed by atoms with Gasteiger partial charge in [-0.2, -0.15) is 0 Å². The molecular weight excluding hydrogens is 1010 g/mol. The van der Waals surface area contributed by atoms with E-state index < -0.39 is 6.10 Å². The quantitative estimate of drug-likeness (QED) is 0.0261. The molecule has 6 nitrogen and oxygen atoms in total. The third kappa shape index (κ3) is 66.1. The number of carbonyl (C=O) groups is 3. The highest BCUT2D eigenvalue weighted by molar-refractivity contribution is 5.71. The zero-order valence-electron chi connectivity index (χ0n) is 53.2. The van der Waals surface area contributed by atoms with Crippen molar-refractivity contribution in [3.8, 4) is 0 Å². The van der Waals surface area contributed by atoms with Crippen LogP contribution in [0.1, 0.15) is 297 Å². The van der Waals surface area contributed by atoms with Crippen LogP contribution in [-0.2, 0) is 28.6 Å². The third-order valence-electron chi connectivity index (χ3n) is 14.1. The molecule has 464 valence electrons. The fourth-order valence-corrected chi connectivity index (χ4v) is 9.06. The van der Waals surface area contributed by atoms with Crippen molar-refractivity contribution < 1.29 is 28.6 Å². The van der Waals surface area contributed by atoms with Crippen LogP contribution in [0.2, 0.25) is 0 Å². The van der Waals surface area contributed by atoms with E-state index >= 15 is 0 Å². The average Bonchev–Trinajstić information content (AvgIpc) is 3.48. The molecule has 0 heterocycles. The van der Waals surface area contributed by atoms with Crippen LogP contribution in [-0.4, -0.2) is 37.2 Å². The molecule has 0 saturated heterocycles. The zero-order valence-corrected chi connectivity index (χ0v) is 53.2. The second kappa shape index (κ2) is 68.8. The van der Waals surface area contributed by atoms with Gasteiger partial charge >= 0.3 is 17.9 Å². The van der Waals surface area contributed by atoms with Gasteiger partial charge in [0.25, 0.3) is 0 Å². The Morgan fingerprint density at radius 1 is 0.256 bits per heavy atom. The van der Waals surface area contributed by atoms with Crippen LogP contribution < -0.4 is 0 Å².